The minimum absolute atomic E-state index is 1.04. The summed E-state index contributed by atoms with van der Waals surface area (Å²) in [6.45, 7) is 2.04. The van der Waals surface area contributed by atoms with Gasteiger partial charge in [-0.3, -0.25) is 0 Å². The van der Waals surface area contributed by atoms with Crippen LogP contribution >= 0.6 is 29.1 Å². The number of halogens is 3. The number of hydrogen-bond donors (Lipinski definition) is 0. The summed E-state index contributed by atoms with van der Waals surface area (Å²) >= 11 is -1.66. The summed E-state index contributed by atoms with van der Waals surface area (Å²) in [5.41, 5.74) is 0. The fraction of sp³-hybridized carbons (Fsp3) is 1.00. The van der Waals surface area contributed by atoms with E-state index < -0.39 is 13.0 Å². The molecule has 0 aliphatic carbocycles. The third-order valence-electron chi connectivity index (χ3n) is 0.372. The van der Waals surface area contributed by atoms with Gasteiger partial charge in [0.05, 0.1) is 7.17 Å². The van der Waals surface area contributed by atoms with E-state index in [1.165, 1.54) is 0 Å². The van der Waals surface area contributed by atoms with Crippen LogP contribution in [0.4, 0.5) is 0 Å². The molecule has 0 nitrogen and oxygen atoms in total. The molecule has 0 saturated heterocycles. The molecule has 0 spiro atoms. The van der Waals surface area contributed by atoms with Crippen molar-refractivity contribution in [1.29, 1.82) is 0 Å². The van der Waals surface area contributed by atoms with Crippen LogP contribution in [-0.4, -0.2) is 22.0 Å². The first-order valence-corrected chi connectivity index (χ1v) is 8.49. The zero-order valence-corrected chi connectivity index (χ0v) is 8.81. The normalized spacial score (nSPS) is 8.67. The molecule has 7 heteroatoms. The molecule has 52 valence electrons. The van der Waals surface area contributed by atoms with Crippen LogP contribution in [0.1, 0.15) is 6.92 Å². The van der Waals surface area contributed by atoms with Crippen LogP contribution in [0.25, 0.3) is 0 Å². The Morgan fingerprint density at radius 3 is 1.78 bits per heavy atom. The van der Waals surface area contributed by atoms with Gasteiger partial charge in [0.15, 0.2) is 0 Å². The second kappa shape index (κ2) is 12.4. The molecule has 0 aliphatic heterocycles. The zero-order chi connectivity index (χ0) is 7.70. The quantitative estimate of drug-likeness (QED) is 0.673. The van der Waals surface area contributed by atoms with Crippen molar-refractivity contribution in [1.82, 2.24) is 0 Å². The molecule has 0 aliphatic rings. The average molecular weight is 271 g/mol. The van der Waals surface area contributed by atoms with Crippen LogP contribution in [0.3, 0.4) is 0 Å². The molecular formula is C2H5B3Cl3Rh. The number of hydrogen-bond acceptors (Lipinski definition) is 0. The van der Waals surface area contributed by atoms with E-state index in [0.29, 0.717) is 0 Å². The predicted molar refractivity (Wildman–Crippen MR) is 45.3 cm³/mol. The average Bonchev–Trinajstić information content (AvgIpc) is 1.66. The van der Waals surface area contributed by atoms with Gasteiger partial charge in [-0.15, -0.1) is 0 Å². The molecule has 9 heavy (non-hydrogen) atoms. The van der Waals surface area contributed by atoms with E-state index in [9.17, 15) is 0 Å². The second-order valence-corrected chi connectivity index (χ2v) is 8.44. The van der Waals surface area contributed by atoms with Crippen LogP contribution in [0.15, 0.2) is 0 Å². The molecule has 4 radical (unpaired) electrons. The van der Waals surface area contributed by atoms with Gasteiger partial charge in [0.1, 0.15) is 0 Å². The minimum atomic E-state index is -1.66. The third kappa shape index (κ3) is 42.1. The molecule has 0 aromatic rings. The summed E-state index contributed by atoms with van der Waals surface area (Å²) in [6, 6.07) is 0. The predicted octanol–water partition coefficient (Wildman–Crippen LogP) is 1.90. The van der Waals surface area contributed by atoms with Crippen LogP contribution < -0.4 is 0 Å². The topological polar surface area (TPSA) is 0 Å². The van der Waals surface area contributed by atoms with Crippen molar-refractivity contribution in [2.24, 2.45) is 0 Å². The summed E-state index contributed by atoms with van der Waals surface area (Å²) in [6.07, 6.45) is 1.04. The summed E-state index contributed by atoms with van der Waals surface area (Å²) in [4.78, 5) is 0. The maximum absolute atomic E-state index is 4.96. The fourth-order valence-electron chi connectivity index (χ4n) is 0.136. The molecule has 0 fully saturated rings. The molecule has 0 aromatic carbocycles. The van der Waals surface area contributed by atoms with E-state index in [1.807, 2.05) is 14.1 Å². The van der Waals surface area contributed by atoms with Crippen LogP contribution in [0.5, 0.6) is 0 Å². The SMILES string of the molecule is [B][B][B]CC.[Cl][Rh]([Cl])[Cl]. The molecule has 0 aromatic heterocycles. The standard InChI is InChI=1S/C2H5B3.3ClH.Rh/c1-2-4-5-3;;;;/h2H2,1H3;3*1H;/q;;;;+3/p-3. The Balaban J connectivity index is 0. The Morgan fingerprint density at radius 1 is 1.44 bits per heavy atom. The van der Waals surface area contributed by atoms with Crippen molar-refractivity contribution >= 4 is 51.0 Å². The first-order chi connectivity index (χ1) is 4.15. The summed E-state index contributed by atoms with van der Waals surface area (Å²) in [7, 11) is 23.2. The van der Waals surface area contributed by atoms with Crippen LogP contribution in [0, 0.1) is 0 Å². The molecule has 0 unspecified atom stereocenters. The van der Waals surface area contributed by atoms with E-state index in [-0.39, 0.29) is 0 Å². The molecular weight excluding hydrogens is 266 g/mol. The van der Waals surface area contributed by atoms with Gasteiger partial charge in [0.2, 0.25) is 0 Å². The maximum atomic E-state index is 4.96. The fourth-order valence-corrected chi connectivity index (χ4v) is 0.136. The Morgan fingerprint density at radius 2 is 1.78 bits per heavy atom. The van der Waals surface area contributed by atoms with Gasteiger partial charge < -0.3 is 0 Å². The van der Waals surface area contributed by atoms with E-state index >= 15 is 0 Å². The zero-order valence-electron chi connectivity index (χ0n) is 4.91. The molecule has 0 amide bonds. The van der Waals surface area contributed by atoms with E-state index in [2.05, 4.69) is 0 Å². The van der Waals surface area contributed by atoms with E-state index in [0.717, 1.165) is 6.32 Å². The summed E-state index contributed by atoms with van der Waals surface area (Å²) < 4.78 is 0. The molecule has 0 N–H and O–H groups in total. The Bertz CT molecular complexity index is 41.3. The van der Waals surface area contributed by atoms with Gasteiger partial charge in [0, 0.05) is 14.8 Å². The van der Waals surface area contributed by atoms with Gasteiger partial charge in [-0.25, -0.2) is 0 Å². The van der Waals surface area contributed by atoms with Gasteiger partial charge in [-0.2, -0.15) is 0 Å². The van der Waals surface area contributed by atoms with Crippen molar-refractivity contribution in [3.63, 3.8) is 0 Å². The van der Waals surface area contributed by atoms with Crippen molar-refractivity contribution in [2.45, 2.75) is 13.2 Å². The first-order valence-electron chi connectivity index (χ1n) is 2.16. The summed E-state index contributed by atoms with van der Waals surface area (Å²) in [5, 5.41) is 0. The van der Waals surface area contributed by atoms with Gasteiger partial charge >= 0.3 is 42.1 Å². The van der Waals surface area contributed by atoms with Crippen molar-refractivity contribution in [3.8, 4) is 0 Å². The van der Waals surface area contributed by atoms with Crippen LogP contribution in [-0.2, 0) is 13.0 Å². The van der Waals surface area contributed by atoms with E-state index in [4.69, 9.17) is 36.8 Å². The molecule has 0 heterocycles. The van der Waals surface area contributed by atoms with Crippen LogP contribution in [0.2, 0.25) is 6.32 Å². The van der Waals surface area contributed by atoms with E-state index in [1.54, 1.807) is 7.06 Å². The molecule has 0 saturated carbocycles. The first kappa shape index (κ1) is 13.3. The van der Waals surface area contributed by atoms with Gasteiger partial charge in [-0.05, 0) is 0 Å². The molecule has 0 bridgehead atoms. The van der Waals surface area contributed by atoms with Crippen molar-refractivity contribution in [2.75, 3.05) is 0 Å². The number of rotatable bonds is 2. The summed E-state index contributed by atoms with van der Waals surface area (Å²) in [5.74, 6) is 0. The Kier molecular flexibility index (Phi) is 18.3. The Hall–Kier alpha value is 1.69. The molecule has 0 atom stereocenters. The third-order valence-corrected chi connectivity index (χ3v) is 0.372. The van der Waals surface area contributed by atoms with Crippen molar-refractivity contribution in [3.05, 3.63) is 0 Å². The molecule has 0 rings (SSSR count). The monoisotopic (exact) mass is 270 g/mol. The van der Waals surface area contributed by atoms with Gasteiger partial charge in [-0.1, -0.05) is 13.2 Å². The van der Waals surface area contributed by atoms with Crippen molar-refractivity contribution < 1.29 is 13.0 Å². The Labute approximate surface area is 76.9 Å². The van der Waals surface area contributed by atoms with Gasteiger partial charge in [0.25, 0.3) is 0 Å². The second-order valence-electron chi connectivity index (χ2n) is 0.979.